The minimum atomic E-state index is -1.27. The second-order valence-electron chi connectivity index (χ2n) is 6.66. The maximum absolute atomic E-state index is 12.3. The van der Waals surface area contributed by atoms with Gasteiger partial charge >= 0.3 is 6.09 Å². The number of likely N-dealkylation sites (tertiary alicyclic amines) is 1. The number of hydrogen-bond acceptors (Lipinski definition) is 4. The van der Waals surface area contributed by atoms with Gasteiger partial charge in [-0.15, -0.1) is 0 Å². The van der Waals surface area contributed by atoms with E-state index in [1.165, 1.54) is 6.26 Å². The van der Waals surface area contributed by atoms with Crippen molar-refractivity contribution in [2.75, 3.05) is 19.4 Å². The molecule has 0 aromatic carbocycles. The third-order valence-corrected chi connectivity index (χ3v) is 3.93. The highest BCUT2D eigenvalue weighted by molar-refractivity contribution is 7.79. The van der Waals surface area contributed by atoms with Crippen LogP contribution in [-0.4, -0.2) is 46.3 Å². The lowest BCUT2D eigenvalue weighted by atomic mass is 9.85. The number of hydrogen-bond donors (Lipinski definition) is 0. The topological polar surface area (TPSA) is 55.8 Å². The van der Waals surface area contributed by atoms with E-state index in [2.05, 4.69) is 6.92 Å². The van der Waals surface area contributed by atoms with E-state index < -0.39 is 16.7 Å². The van der Waals surface area contributed by atoms with E-state index in [0.29, 0.717) is 19.1 Å². The highest BCUT2D eigenvalue weighted by Crippen LogP contribution is 2.29. The van der Waals surface area contributed by atoms with Gasteiger partial charge in [-0.25, -0.2) is 9.00 Å². The molecule has 0 saturated carbocycles. The van der Waals surface area contributed by atoms with Gasteiger partial charge in [0, 0.05) is 24.8 Å². The van der Waals surface area contributed by atoms with E-state index in [-0.39, 0.29) is 18.1 Å². The second kappa shape index (κ2) is 6.89. The van der Waals surface area contributed by atoms with Crippen molar-refractivity contribution in [3.8, 4) is 0 Å². The highest BCUT2D eigenvalue weighted by Gasteiger charge is 2.36. The third kappa shape index (κ3) is 5.40. The first-order valence-corrected chi connectivity index (χ1v) is 8.54. The van der Waals surface area contributed by atoms with Gasteiger partial charge in [0.15, 0.2) is 11.1 Å². The van der Waals surface area contributed by atoms with Crippen LogP contribution in [0.2, 0.25) is 0 Å². The SMILES string of the molecule is CC1CC(COS(C)=O)C(C)N(C(=O)OC(C)(C)C)C1. The Bertz CT molecular complexity index is 367. The molecule has 0 aliphatic carbocycles. The van der Waals surface area contributed by atoms with Crippen LogP contribution in [0.4, 0.5) is 4.79 Å². The summed E-state index contributed by atoms with van der Waals surface area (Å²) >= 11 is -1.27. The van der Waals surface area contributed by atoms with Gasteiger partial charge in [0.1, 0.15) is 5.60 Å². The van der Waals surface area contributed by atoms with Gasteiger partial charge in [-0.2, -0.15) is 0 Å². The number of carbonyl (C=O) groups is 1. The summed E-state index contributed by atoms with van der Waals surface area (Å²) in [4.78, 5) is 14.0. The Hall–Kier alpha value is -0.620. The molecule has 1 rings (SSSR count). The third-order valence-electron chi connectivity index (χ3n) is 3.46. The van der Waals surface area contributed by atoms with Crippen LogP contribution in [0.5, 0.6) is 0 Å². The predicted octanol–water partition coefficient (Wildman–Crippen LogP) is 2.58. The van der Waals surface area contributed by atoms with Crippen LogP contribution in [-0.2, 0) is 20.0 Å². The first-order chi connectivity index (χ1) is 9.10. The van der Waals surface area contributed by atoms with Crippen molar-refractivity contribution in [3.05, 3.63) is 0 Å². The van der Waals surface area contributed by atoms with E-state index >= 15 is 0 Å². The van der Waals surface area contributed by atoms with E-state index in [1.54, 1.807) is 4.90 Å². The highest BCUT2D eigenvalue weighted by atomic mass is 32.2. The summed E-state index contributed by atoms with van der Waals surface area (Å²) < 4.78 is 21.7. The number of rotatable bonds is 3. The van der Waals surface area contributed by atoms with Gasteiger partial charge in [0.05, 0.1) is 6.61 Å². The fourth-order valence-corrected chi connectivity index (χ4v) is 2.86. The van der Waals surface area contributed by atoms with Crippen LogP contribution >= 0.6 is 0 Å². The number of ether oxygens (including phenoxy) is 1. The zero-order valence-corrected chi connectivity index (χ0v) is 14.2. The average molecular weight is 305 g/mol. The molecular formula is C14H27NO4S. The van der Waals surface area contributed by atoms with Gasteiger partial charge in [0.25, 0.3) is 0 Å². The van der Waals surface area contributed by atoms with Crippen molar-refractivity contribution in [2.24, 2.45) is 11.8 Å². The van der Waals surface area contributed by atoms with Crippen LogP contribution in [0.15, 0.2) is 0 Å². The minimum absolute atomic E-state index is 0.0320. The van der Waals surface area contributed by atoms with Crippen molar-refractivity contribution in [3.63, 3.8) is 0 Å². The largest absolute Gasteiger partial charge is 0.444 e. The summed E-state index contributed by atoms with van der Waals surface area (Å²) in [7, 11) is 0. The first kappa shape index (κ1) is 17.4. The number of amides is 1. The Morgan fingerprint density at radius 2 is 1.95 bits per heavy atom. The van der Waals surface area contributed by atoms with E-state index in [9.17, 15) is 9.00 Å². The number of piperidine rings is 1. The Labute approximate surface area is 124 Å². The molecule has 1 fully saturated rings. The van der Waals surface area contributed by atoms with E-state index in [4.69, 9.17) is 8.92 Å². The molecular weight excluding hydrogens is 278 g/mol. The van der Waals surface area contributed by atoms with Gasteiger partial charge in [-0.3, -0.25) is 4.18 Å². The van der Waals surface area contributed by atoms with Crippen LogP contribution in [0.25, 0.3) is 0 Å². The number of carbonyl (C=O) groups excluding carboxylic acids is 1. The summed E-state index contributed by atoms with van der Waals surface area (Å²) in [5.41, 5.74) is -0.492. The molecule has 118 valence electrons. The summed E-state index contributed by atoms with van der Waals surface area (Å²) in [5.74, 6) is 0.577. The van der Waals surface area contributed by atoms with E-state index in [0.717, 1.165) is 6.42 Å². The quantitative estimate of drug-likeness (QED) is 0.804. The Morgan fingerprint density at radius 1 is 1.35 bits per heavy atom. The molecule has 0 N–H and O–H groups in total. The van der Waals surface area contributed by atoms with Gasteiger partial charge in [-0.1, -0.05) is 6.92 Å². The lowest BCUT2D eigenvalue weighted by Gasteiger charge is -2.42. The lowest BCUT2D eigenvalue weighted by molar-refractivity contribution is -0.00990. The molecule has 4 unspecified atom stereocenters. The Balaban J connectivity index is 2.70. The van der Waals surface area contributed by atoms with Crippen molar-refractivity contribution in [1.29, 1.82) is 0 Å². The molecule has 1 saturated heterocycles. The smallest absolute Gasteiger partial charge is 0.410 e. The summed E-state index contributed by atoms with van der Waals surface area (Å²) in [6.07, 6.45) is 2.21. The maximum Gasteiger partial charge on any atom is 0.410 e. The van der Waals surface area contributed by atoms with Crippen molar-refractivity contribution in [2.45, 2.75) is 52.7 Å². The molecule has 1 heterocycles. The molecule has 0 spiro atoms. The normalized spacial score (nSPS) is 29.1. The van der Waals surface area contributed by atoms with Gasteiger partial charge in [0.2, 0.25) is 0 Å². The zero-order valence-electron chi connectivity index (χ0n) is 13.3. The molecule has 1 aliphatic rings. The molecule has 5 nitrogen and oxygen atoms in total. The number of nitrogens with zero attached hydrogens (tertiary/aromatic N) is 1. The monoisotopic (exact) mass is 305 g/mol. The van der Waals surface area contributed by atoms with Crippen LogP contribution in [0.1, 0.15) is 41.0 Å². The maximum atomic E-state index is 12.3. The molecule has 1 amide bonds. The summed E-state index contributed by atoms with van der Waals surface area (Å²) in [6, 6.07) is 0.0320. The molecule has 4 atom stereocenters. The fourth-order valence-electron chi connectivity index (χ4n) is 2.50. The summed E-state index contributed by atoms with van der Waals surface area (Å²) in [6.45, 7) is 10.8. The minimum Gasteiger partial charge on any atom is -0.444 e. The standard InChI is InChI=1S/C14H27NO4S/c1-10-7-12(9-18-20(6)17)11(2)15(8-10)13(16)19-14(3,4)5/h10-12H,7-9H2,1-6H3. The molecule has 1 aliphatic heterocycles. The fraction of sp³-hybridized carbons (Fsp3) is 0.929. The van der Waals surface area contributed by atoms with Crippen LogP contribution < -0.4 is 0 Å². The van der Waals surface area contributed by atoms with E-state index in [1.807, 2.05) is 27.7 Å². The Kier molecular flexibility index (Phi) is 6.01. The van der Waals surface area contributed by atoms with Crippen LogP contribution in [0.3, 0.4) is 0 Å². The van der Waals surface area contributed by atoms with Crippen molar-refractivity contribution < 1.29 is 17.9 Å². The van der Waals surface area contributed by atoms with Gasteiger partial charge < -0.3 is 9.64 Å². The summed E-state index contributed by atoms with van der Waals surface area (Å²) in [5, 5.41) is 0. The average Bonchev–Trinajstić information content (AvgIpc) is 2.27. The molecule has 20 heavy (non-hydrogen) atoms. The molecule has 0 aromatic heterocycles. The predicted molar refractivity (Wildman–Crippen MR) is 79.7 cm³/mol. The Morgan fingerprint density at radius 3 is 2.45 bits per heavy atom. The van der Waals surface area contributed by atoms with Crippen molar-refractivity contribution in [1.82, 2.24) is 4.90 Å². The lowest BCUT2D eigenvalue weighted by Crippen LogP contribution is -2.52. The first-order valence-electron chi connectivity index (χ1n) is 7.06. The second-order valence-corrected chi connectivity index (χ2v) is 7.70. The van der Waals surface area contributed by atoms with Crippen molar-refractivity contribution >= 4 is 17.2 Å². The zero-order chi connectivity index (χ0) is 15.5. The molecule has 0 bridgehead atoms. The molecule has 0 radical (unpaired) electrons. The molecule has 0 aromatic rings. The van der Waals surface area contributed by atoms with Crippen LogP contribution in [0, 0.1) is 11.8 Å². The molecule has 6 heteroatoms. The van der Waals surface area contributed by atoms with Gasteiger partial charge in [-0.05, 0) is 40.0 Å².